The number of urea groups is 1. The fraction of sp³-hybridized carbons (Fsp3) is 0.455. The Morgan fingerprint density at radius 1 is 1.07 bits per heavy atom. The minimum Gasteiger partial charge on any atom is -0.467 e. The van der Waals surface area contributed by atoms with Gasteiger partial charge in [-0.2, -0.15) is 0 Å². The van der Waals surface area contributed by atoms with Crippen molar-refractivity contribution in [3.8, 4) is 0 Å². The highest BCUT2D eigenvalue weighted by Crippen LogP contribution is 2.25. The number of hydrogen-bond acceptors (Lipinski definition) is 4. The van der Waals surface area contributed by atoms with Gasteiger partial charge < -0.3 is 24.9 Å². The number of anilines is 2. The highest BCUT2D eigenvalue weighted by Gasteiger charge is 2.19. The zero-order valence-electron chi connectivity index (χ0n) is 18.2. The van der Waals surface area contributed by atoms with Crippen LogP contribution < -0.4 is 15.5 Å². The summed E-state index contributed by atoms with van der Waals surface area (Å²) in [6.45, 7) is 8.28. The monoisotopic (exact) mass is 400 g/mol. The fourth-order valence-electron chi connectivity index (χ4n) is 2.85. The molecule has 0 radical (unpaired) electrons. The second kappa shape index (κ2) is 10.0. The van der Waals surface area contributed by atoms with Crippen LogP contribution in [-0.4, -0.2) is 37.0 Å². The SMILES string of the molecule is CC(C)NC(=O)N(Cc1ccco1)Cc1cc(NC(=O)C(C)C)ccc1N(C)C. The zero-order valence-corrected chi connectivity index (χ0v) is 18.2. The minimum absolute atomic E-state index is 0.0200. The molecule has 0 saturated heterocycles. The lowest BCUT2D eigenvalue weighted by Gasteiger charge is -2.26. The van der Waals surface area contributed by atoms with Gasteiger partial charge in [-0.3, -0.25) is 4.79 Å². The summed E-state index contributed by atoms with van der Waals surface area (Å²) in [7, 11) is 3.91. The van der Waals surface area contributed by atoms with E-state index in [1.807, 2.05) is 71.0 Å². The highest BCUT2D eigenvalue weighted by atomic mass is 16.3. The lowest BCUT2D eigenvalue weighted by atomic mass is 10.1. The Balaban J connectivity index is 2.33. The summed E-state index contributed by atoms with van der Waals surface area (Å²) in [5.74, 6) is 0.553. The molecule has 0 unspecified atom stereocenters. The van der Waals surface area contributed by atoms with Crippen LogP contribution in [0.2, 0.25) is 0 Å². The van der Waals surface area contributed by atoms with Crippen molar-refractivity contribution in [2.45, 2.75) is 46.8 Å². The van der Waals surface area contributed by atoms with Crippen molar-refractivity contribution in [2.24, 2.45) is 5.92 Å². The maximum Gasteiger partial charge on any atom is 0.318 e. The number of amides is 3. The van der Waals surface area contributed by atoms with Gasteiger partial charge in [-0.25, -0.2) is 4.79 Å². The van der Waals surface area contributed by atoms with E-state index in [1.165, 1.54) is 0 Å². The number of furan rings is 1. The largest absolute Gasteiger partial charge is 0.467 e. The third-order valence-corrected chi connectivity index (χ3v) is 4.34. The predicted molar refractivity (Wildman–Crippen MR) is 116 cm³/mol. The van der Waals surface area contributed by atoms with E-state index in [1.54, 1.807) is 17.2 Å². The summed E-state index contributed by atoms with van der Waals surface area (Å²) in [5, 5.41) is 5.88. The zero-order chi connectivity index (χ0) is 21.6. The lowest BCUT2D eigenvalue weighted by molar-refractivity contribution is -0.118. The van der Waals surface area contributed by atoms with Gasteiger partial charge in [0.15, 0.2) is 0 Å². The van der Waals surface area contributed by atoms with Gasteiger partial charge in [-0.15, -0.1) is 0 Å². The molecule has 1 aromatic heterocycles. The fourth-order valence-corrected chi connectivity index (χ4v) is 2.85. The van der Waals surface area contributed by atoms with Crippen LogP contribution in [0.1, 0.15) is 39.0 Å². The highest BCUT2D eigenvalue weighted by molar-refractivity contribution is 5.92. The molecule has 1 aromatic carbocycles. The van der Waals surface area contributed by atoms with Gasteiger partial charge in [0.1, 0.15) is 5.76 Å². The first kappa shape index (κ1) is 22.3. The number of rotatable bonds is 8. The Hall–Kier alpha value is -2.96. The smallest absolute Gasteiger partial charge is 0.318 e. The first-order valence-electron chi connectivity index (χ1n) is 9.86. The Morgan fingerprint density at radius 2 is 1.79 bits per heavy atom. The van der Waals surface area contributed by atoms with Crippen LogP contribution in [0.4, 0.5) is 16.2 Å². The molecule has 7 nitrogen and oxygen atoms in total. The summed E-state index contributed by atoms with van der Waals surface area (Å²) in [4.78, 5) is 28.6. The molecule has 3 amide bonds. The van der Waals surface area contributed by atoms with Gasteiger partial charge in [0.05, 0.1) is 19.4 Å². The molecule has 0 atom stereocenters. The summed E-state index contributed by atoms with van der Waals surface area (Å²) in [6, 6.07) is 9.27. The quantitative estimate of drug-likeness (QED) is 0.700. The summed E-state index contributed by atoms with van der Waals surface area (Å²) >= 11 is 0. The second-order valence-electron chi connectivity index (χ2n) is 7.92. The van der Waals surface area contributed by atoms with Crippen LogP contribution in [0.3, 0.4) is 0 Å². The molecule has 0 aliphatic rings. The molecule has 2 rings (SSSR count). The maximum absolute atomic E-state index is 12.8. The van der Waals surface area contributed by atoms with E-state index < -0.39 is 0 Å². The molecule has 0 aliphatic carbocycles. The predicted octanol–water partition coefficient (Wildman–Crippen LogP) is 4.06. The Morgan fingerprint density at radius 3 is 2.34 bits per heavy atom. The Kier molecular flexibility index (Phi) is 7.70. The van der Waals surface area contributed by atoms with Gasteiger partial charge in [-0.1, -0.05) is 13.8 Å². The van der Waals surface area contributed by atoms with Crippen molar-refractivity contribution in [3.05, 3.63) is 47.9 Å². The molecular formula is C22H32N4O3. The van der Waals surface area contributed by atoms with Gasteiger partial charge >= 0.3 is 6.03 Å². The summed E-state index contributed by atoms with van der Waals surface area (Å²) < 4.78 is 5.45. The number of carbonyl (C=O) groups excluding carboxylic acids is 2. The van der Waals surface area contributed by atoms with E-state index in [9.17, 15) is 9.59 Å². The molecule has 0 bridgehead atoms. The van der Waals surface area contributed by atoms with Crippen molar-refractivity contribution in [2.75, 3.05) is 24.3 Å². The topological polar surface area (TPSA) is 77.8 Å². The first-order valence-corrected chi connectivity index (χ1v) is 9.86. The Labute approximate surface area is 173 Å². The van der Waals surface area contributed by atoms with E-state index in [0.717, 1.165) is 11.3 Å². The molecule has 158 valence electrons. The van der Waals surface area contributed by atoms with Crippen molar-refractivity contribution < 1.29 is 14.0 Å². The normalized spacial score (nSPS) is 10.9. The molecular weight excluding hydrogens is 368 g/mol. The van der Waals surface area contributed by atoms with Crippen LogP contribution in [0.5, 0.6) is 0 Å². The Bertz CT molecular complexity index is 813. The van der Waals surface area contributed by atoms with Crippen molar-refractivity contribution in [3.63, 3.8) is 0 Å². The number of carbonyl (C=O) groups is 2. The lowest BCUT2D eigenvalue weighted by Crippen LogP contribution is -2.42. The molecule has 7 heteroatoms. The van der Waals surface area contributed by atoms with E-state index in [4.69, 9.17) is 4.42 Å². The van der Waals surface area contributed by atoms with Crippen LogP contribution >= 0.6 is 0 Å². The third-order valence-electron chi connectivity index (χ3n) is 4.34. The summed E-state index contributed by atoms with van der Waals surface area (Å²) in [5.41, 5.74) is 2.63. The van der Waals surface area contributed by atoms with Crippen LogP contribution in [0.15, 0.2) is 41.0 Å². The molecule has 0 saturated carbocycles. The maximum atomic E-state index is 12.8. The average molecular weight is 401 g/mol. The minimum atomic E-state index is -0.169. The second-order valence-corrected chi connectivity index (χ2v) is 7.92. The van der Waals surface area contributed by atoms with Crippen LogP contribution in [-0.2, 0) is 17.9 Å². The van der Waals surface area contributed by atoms with E-state index >= 15 is 0 Å². The number of hydrogen-bond donors (Lipinski definition) is 2. The average Bonchev–Trinajstić information content (AvgIpc) is 3.13. The number of nitrogens with zero attached hydrogens (tertiary/aromatic N) is 2. The number of benzene rings is 1. The van der Waals surface area contributed by atoms with Crippen molar-refractivity contribution in [1.82, 2.24) is 10.2 Å². The summed E-state index contributed by atoms with van der Waals surface area (Å²) in [6.07, 6.45) is 1.60. The van der Waals surface area contributed by atoms with E-state index in [-0.39, 0.29) is 23.9 Å². The van der Waals surface area contributed by atoms with Gasteiger partial charge in [0.25, 0.3) is 0 Å². The molecule has 1 heterocycles. The molecule has 2 N–H and O–H groups in total. The van der Waals surface area contributed by atoms with Crippen molar-refractivity contribution >= 4 is 23.3 Å². The first-order chi connectivity index (χ1) is 13.7. The van der Waals surface area contributed by atoms with Crippen LogP contribution in [0.25, 0.3) is 0 Å². The molecule has 0 spiro atoms. The standard InChI is InChI=1S/C22H32N4O3/c1-15(2)21(27)24-18-9-10-20(25(5)6)17(12-18)13-26(22(28)23-16(3)4)14-19-8-7-11-29-19/h7-12,15-16H,13-14H2,1-6H3,(H,23,28)(H,24,27). The third kappa shape index (κ3) is 6.55. The van der Waals surface area contributed by atoms with Crippen LogP contribution in [0, 0.1) is 5.92 Å². The molecule has 2 aromatic rings. The van der Waals surface area contributed by atoms with Gasteiger partial charge in [0.2, 0.25) is 5.91 Å². The molecule has 0 aliphatic heterocycles. The van der Waals surface area contributed by atoms with Crippen molar-refractivity contribution in [1.29, 1.82) is 0 Å². The molecule has 0 fully saturated rings. The molecule has 29 heavy (non-hydrogen) atoms. The van der Waals surface area contributed by atoms with Gasteiger partial charge in [0, 0.05) is 37.4 Å². The van der Waals surface area contributed by atoms with E-state index in [2.05, 4.69) is 10.6 Å². The number of nitrogens with one attached hydrogen (secondary N) is 2. The van der Waals surface area contributed by atoms with Gasteiger partial charge in [-0.05, 0) is 49.7 Å². The van der Waals surface area contributed by atoms with E-state index in [0.29, 0.717) is 24.5 Å².